The maximum atomic E-state index is 10.0. The van der Waals surface area contributed by atoms with Crippen molar-refractivity contribution in [2.24, 2.45) is 0 Å². The number of benzene rings is 1. The molecule has 2 aromatic heterocycles. The molecule has 2 heterocycles. The average Bonchev–Trinajstić information content (AvgIpc) is 2.97. The summed E-state index contributed by atoms with van der Waals surface area (Å²) in [6, 6.07) is 10.1. The van der Waals surface area contributed by atoms with Gasteiger partial charge in [-0.2, -0.15) is 0 Å². The van der Waals surface area contributed by atoms with Gasteiger partial charge in [-0.05, 0) is 42.9 Å². The van der Waals surface area contributed by atoms with E-state index in [0.717, 1.165) is 48.0 Å². The van der Waals surface area contributed by atoms with Gasteiger partial charge in [0, 0.05) is 11.9 Å². The summed E-state index contributed by atoms with van der Waals surface area (Å²) in [5, 5.41) is 10.0. The van der Waals surface area contributed by atoms with Crippen LogP contribution < -0.4 is 5.73 Å². The summed E-state index contributed by atoms with van der Waals surface area (Å²) in [6.45, 7) is 0. The second-order valence-electron chi connectivity index (χ2n) is 6.26. The topological polar surface area (TPSA) is 77.0 Å². The lowest BCUT2D eigenvalue weighted by molar-refractivity contribution is 0.120. The second kappa shape index (κ2) is 5.66. The lowest BCUT2D eigenvalue weighted by atomic mass is 9.83. The highest BCUT2D eigenvalue weighted by molar-refractivity contribution is 5.90. The van der Waals surface area contributed by atoms with Crippen LogP contribution in [0.2, 0.25) is 0 Å². The minimum atomic E-state index is -0.219. The second-order valence-corrected chi connectivity index (χ2v) is 6.26. The number of aromatic nitrogens is 3. The standard InChI is InChI=1S/C18H20N4O/c19-18-17-16(20-11-21-18)15(12-5-4-8-14(23)9-12)10-22(17)13-6-2-1-3-7-13/h1-3,6-7,10-12,14,23H,4-5,8-9H2,(H2,19,20,21). The van der Waals surface area contributed by atoms with Gasteiger partial charge < -0.3 is 15.4 Å². The van der Waals surface area contributed by atoms with Crippen molar-refractivity contribution >= 4 is 16.9 Å². The minimum absolute atomic E-state index is 0.219. The van der Waals surface area contributed by atoms with Crippen LogP contribution >= 0.6 is 0 Å². The molecule has 1 aliphatic carbocycles. The van der Waals surface area contributed by atoms with Gasteiger partial charge in [-0.3, -0.25) is 0 Å². The molecule has 3 aromatic rings. The van der Waals surface area contributed by atoms with Gasteiger partial charge in [0.05, 0.1) is 11.6 Å². The van der Waals surface area contributed by atoms with Gasteiger partial charge >= 0.3 is 0 Å². The molecule has 0 amide bonds. The van der Waals surface area contributed by atoms with Crippen LogP contribution in [-0.4, -0.2) is 25.7 Å². The van der Waals surface area contributed by atoms with Crippen LogP contribution in [0.3, 0.4) is 0 Å². The molecule has 1 fully saturated rings. The molecular weight excluding hydrogens is 288 g/mol. The fraction of sp³-hybridized carbons (Fsp3) is 0.333. The van der Waals surface area contributed by atoms with Gasteiger partial charge in [0.25, 0.3) is 0 Å². The zero-order valence-corrected chi connectivity index (χ0v) is 12.9. The Morgan fingerprint density at radius 1 is 1.13 bits per heavy atom. The number of hydrogen-bond acceptors (Lipinski definition) is 4. The number of para-hydroxylation sites is 1. The molecule has 1 aromatic carbocycles. The summed E-state index contributed by atoms with van der Waals surface area (Å²) in [5.74, 6) is 0.807. The van der Waals surface area contributed by atoms with Crippen molar-refractivity contribution in [3.05, 3.63) is 48.4 Å². The predicted octanol–water partition coefficient (Wildman–Crippen LogP) is 3.02. The fourth-order valence-electron chi connectivity index (χ4n) is 3.64. The van der Waals surface area contributed by atoms with E-state index in [4.69, 9.17) is 5.73 Å². The molecule has 0 aliphatic heterocycles. The number of aliphatic hydroxyl groups excluding tert-OH is 1. The van der Waals surface area contributed by atoms with E-state index in [1.54, 1.807) is 0 Å². The van der Waals surface area contributed by atoms with Gasteiger partial charge in [0.15, 0.2) is 5.82 Å². The zero-order valence-electron chi connectivity index (χ0n) is 12.9. The van der Waals surface area contributed by atoms with Crippen LogP contribution in [0.5, 0.6) is 0 Å². The largest absolute Gasteiger partial charge is 0.393 e. The molecule has 0 radical (unpaired) electrons. The van der Waals surface area contributed by atoms with Gasteiger partial charge in [-0.25, -0.2) is 9.97 Å². The third-order valence-electron chi connectivity index (χ3n) is 4.75. The number of nitrogens with zero attached hydrogens (tertiary/aromatic N) is 3. The number of nitrogen functional groups attached to an aromatic ring is 1. The molecule has 0 saturated heterocycles. The Hall–Kier alpha value is -2.40. The maximum absolute atomic E-state index is 10.0. The van der Waals surface area contributed by atoms with Crippen molar-refractivity contribution < 1.29 is 5.11 Å². The van der Waals surface area contributed by atoms with Gasteiger partial charge in [-0.1, -0.05) is 24.6 Å². The molecule has 1 saturated carbocycles. The minimum Gasteiger partial charge on any atom is -0.393 e. The molecule has 118 valence electrons. The summed E-state index contributed by atoms with van der Waals surface area (Å²) in [7, 11) is 0. The van der Waals surface area contributed by atoms with E-state index in [1.165, 1.54) is 6.33 Å². The third kappa shape index (κ3) is 2.47. The van der Waals surface area contributed by atoms with Crippen molar-refractivity contribution in [3.8, 4) is 5.69 Å². The van der Waals surface area contributed by atoms with E-state index in [0.29, 0.717) is 11.7 Å². The van der Waals surface area contributed by atoms with Crippen LogP contribution in [-0.2, 0) is 0 Å². The first kappa shape index (κ1) is 14.2. The van der Waals surface area contributed by atoms with E-state index in [1.807, 2.05) is 30.3 Å². The Balaban J connectivity index is 1.91. The molecule has 5 heteroatoms. The zero-order chi connectivity index (χ0) is 15.8. The first-order chi connectivity index (χ1) is 11.2. The van der Waals surface area contributed by atoms with E-state index < -0.39 is 0 Å². The van der Waals surface area contributed by atoms with E-state index >= 15 is 0 Å². The molecule has 23 heavy (non-hydrogen) atoms. The molecule has 4 rings (SSSR count). The van der Waals surface area contributed by atoms with Crippen molar-refractivity contribution in [3.63, 3.8) is 0 Å². The van der Waals surface area contributed by atoms with Crippen LogP contribution in [0.4, 0.5) is 5.82 Å². The fourth-order valence-corrected chi connectivity index (χ4v) is 3.64. The molecule has 1 aliphatic rings. The van der Waals surface area contributed by atoms with E-state index in [-0.39, 0.29) is 6.10 Å². The number of hydrogen-bond donors (Lipinski definition) is 2. The maximum Gasteiger partial charge on any atom is 0.151 e. The molecule has 0 bridgehead atoms. The van der Waals surface area contributed by atoms with Crippen LogP contribution in [0, 0.1) is 0 Å². The Bertz CT molecular complexity index is 828. The van der Waals surface area contributed by atoms with Crippen molar-refractivity contribution in [2.75, 3.05) is 5.73 Å². The highest BCUT2D eigenvalue weighted by Crippen LogP contribution is 2.38. The summed E-state index contributed by atoms with van der Waals surface area (Å²) in [4.78, 5) is 8.66. The molecule has 3 N–H and O–H groups in total. The van der Waals surface area contributed by atoms with Crippen LogP contribution in [0.1, 0.15) is 37.2 Å². The third-order valence-corrected chi connectivity index (χ3v) is 4.75. The van der Waals surface area contributed by atoms with Crippen molar-refractivity contribution in [2.45, 2.75) is 37.7 Å². The lowest BCUT2D eigenvalue weighted by Crippen LogP contribution is -2.18. The quantitative estimate of drug-likeness (QED) is 0.763. The summed E-state index contributed by atoms with van der Waals surface area (Å²) in [5.41, 5.74) is 10.1. The van der Waals surface area contributed by atoms with Crippen molar-refractivity contribution in [1.82, 2.24) is 14.5 Å². The first-order valence-corrected chi connectivity index (χ1v) is 8.09. The summed E-state index contributed by atoms with van der Waals surface area (Å²) >= 11 is 0. The Kier molecular flexibility index (Phi) is 3.50. The monoisotopic (exact) mass is 308 g/mol. The predicted molar refractivity (Wildman–Crippen MR) is 90.5 cm³/mol. The lowest BCUT2D eigenvalue weighted by Gasteiger charge is -2.25. The van der Waals surface area contributed by atoms with Crippen LogP contribution in [0.15, 0.2) is 42.9 Å². The first-order valence-electron chi connectivity index (χ1n) is 8.09. The summed E-state index contributed by atoms with van der Waals surface area (Å²) in [6.07, 6.45) is 7.23. The smallest absolute Gasteiger partial charge is 0.151 e. The number of aliphatic hydroxyl groups is 1. The van der Waals surface area contributed by atoms with E-state index in [9.17, 15) is 5.11 Å². The van der Waals surface area contributed by atoms with Crippen molar-refractivity contribution in [1.29, 1.82) is 0 Å². The number of fused-ring (bicyclic) bond motifs is 1. The molecule has 5 nitrogen and oxygen atoms in total. The average molecular weight is 308 g/mol. The Morgan fingerprint density at radius 3 is 2.74 bits per heavy atom. The Labute approximate surface area is 134 Å². The SMILES string of the molecule is Nc1ncnc2c(C3CCCC(O)C3)cn(-c3ccccc3)c12. The molecule has 2 unspecified atom stereocenters. The van der Waals surface area contributed by atoms with Gasteiger partial charge in [0.2, 0.25) is 0 Å². The molecule has 0 spiro atoms. The van der Waals surface area contributed by atoms with Crippen LogP contribution in [0.25, 0.3) is 16.7 Å². The Morgan fingerprint density at radius 2 is 1.96 bits per heavy atom. The van der Waals surface area contributed by atoms with Gasteiger partial charge in [0.1, 0.15) is 11.8 Å². The molecular formula is C18H20N4O. The summed E-state index contributed by atoms with van der Waals surface area (Å²) < 4.78 is 2.07. The normalized spacial score (nSPS) is 21.6. The van der Waals surface area contributed by atoms with E-state index in [2.05, 4.69) is 20.7 Å². The number of anilines is 1. The highest BCUT2D eigenvalue weighted by Gasteiger charge is 2.26. The number of nitrogens with two attached hydrogens (primary N) is 1. The highest BCUT2D eigenvalue weighted by atomic mass is 16.3. The molecule has 2 atom stereocenters. The van der Waals surface area contributed by atoms with Gasteiger partial charge in [-0.15, -0.1) is 0 Å². The number of rotatable bonds is 2.